The van der Waals surface area contributed by atoms with E-state index in [0.717, 1.165) is 7.11 Å². The Hall–Kier alpha value is -2.22. The van der Waals surface area contributed by atoms with Gasteiger partial charge in [0.05, 0.1) is 18.7 Å². The lowest BCUT2D eigenvalue weighted by molar-refractivity contribution is -0.140. The van der Waals surface area contributed by atoms with Crippen molar-refractivity contribution in [2.24, 2.45) is 0 Å². The molecule has 24 heavy (non-hydrogen) atoms. The van der Waals surface area contributed by atoms with Crippen molar-refractivity contribution < 1.29 is 27.5 Å². The van der Waals surface area contributed by atoms with Crippen LogP contribution in [-0.2, 0) is 9.53 Å². The fourth-order valence-corrected chi connectivity index (χ4v) is 2.66. The Kier molecular flexibility index (Phi) is 5.08. The number of ether oxygens (including phenoxy) is 1. The molecule has 0 saturated heterocycles. The maximum atomic E-state index is 12.7. The second-order valence-electron chi connectivity index (χ2n) is 5.13. The van der Waals surface area contributed by atoms with Crippen molar-refractivity contribution in [2.75, 3.05) is 13.7 Å². The van der Waals surface area contributed by atoms with Crippen molar-refractivity contribution >= 4 is 23.6 Å². The number of rotatable bonds is 3. The molecule has 0 saturated carbocycles. The zero-order valence-electron chi connectivity index (χ0n) is 12.8. The van der Waals surface area contributed by atoms with E-state index in [4.69, 9.17) is 11.6 Å². The second kappa shape index (κ2) is 6.72. The average Bonchev–Trinajstić information content (AvgIpc) is 2.49. The molecule has 0 radical (unpaired) electrons. The lowest BCUT2D eigenvalue weighted by Crippen LogP contribution is -2.50. The van der Waals surface area contributed by atoms with Gasteiger partial charge in [0, 0.05) is 10.7 Å². The number of amides is 2. The smallest absolute Gasteiger partial charge is 0.406 e. The number of carbonyl (C=O) groups is 2. The summed E-state index contributed by atoms with van der Waals surface area (Å²) in [6, 6.07) is 4.42. The number of halogens is 4. The van der Waals surface area contributed by atoms with Crippen molar-refractivity contribution in [3.63, 3.8) is 0 Å². The Morgan fingerprint density at radius 1 is 1.42 bits per heavy atom. The van der Waals surface area contributed by atoms with Gasteiger partial charge in [-0.15, -0.1) is 0 Å². The predicted octanol–water partition coefficient (Wildman–Crippen LogP) is 3.42. The van der Waals surface area contributed by atoms with Gasteiger partial charge in [-0.05, 0) is 24.6 Å². The molecule has 0 aliphatic carbocycles. The van der Waals surface area contributed by atoms with Gasteiger partial charge in [0.25, 0.3) is 0 Å². The number of methoxy groups -OCH3 is 1. The predicted molar refractivity (Wildman–Crippen MR) is 80.2 cm³/mol. The summed E-state index contributed by atoms with van der Waals surface area (Å²) in [6.45, 7) is -0.234. The first-order valence-corrected chi connectivity index (χ1v) is 7.21. The first kappa shape index (κ1) is 18.1. The highest BCUT2D eigenvalue weighted by Crippen LogP contribution is 2.33. The molecule has 1 aliphatic heterocycles. The van der Waals surface area contributed by atoms with E-state index < -0.39 is 30.8 Å². The fraction of sp³-hybridized carbons (Fsp3) is 0.333. The van der Waals surface area contributed by atoms with Crippen molar-refractivity contribution in [2.45, 2.75) is 19.1 Å². The molecule has 2 amide bonds. The summed E-state index contributed by atoms with van der Waals surface area (Å²) in [7, 11) is 1.11. The van der Waals surface area contributed by atoms with Crippen LogP contribution in [0.3, 0.4) is 0 Å². The number of hydrogen-bond donors (Lipinski definition) is 1. The Labute approximate surface area is 141 Å². The van der Waals surface area contributed by atoms with Gasteiger partial charge in [-0.25, -0.2) is 9.59 Å². The number of urea groups is 1. The van der Waals surface area contributed by atoms with Crippen LogP contribution in [0.1, 0.15) is 18.5 Å². The molecule has 1 aliphatic rings. The normalized spacial score (nSPS) is 18.5. The molecular weight excluding hydrogens is 349 g/mol. The molecule has 0 aromatic heterocycles. The summed E-state index contributed by atoms with van der Waals surface area (Å²) in [6.07, 6.45) is -4.61. The van der Waals surface area contributed by atoms with E-state index >= 15 is 0 Å². The van der Waals surface area contributed by atoms with Crippen LogP contribution in [0.25, 0.3) is 0 Å². The summed E-state index contributed by atoms with van der Waals surface area (Å²) in [5.74, 6) is -0.829. The minimum atomic E-state index is -4.61. The van der Waals surface area contributed by atoms with Crippen LogP contribution in [0.2, 0.25) is 5.02 Å². The van der Waals surface area contributed by atoms with Crippen molar-refractivity contribution in [1.82, 2.24) is 10.2 Å². The minimum Gasteiger partial charge on any atom is -0.466 e. The molecule has 1 atom stereocenters. The van der Waals surface area contributed by atoms with E-state index in [0.29, 0.717) is 15.5 Å². The van der Waals surface area contributed by atoms with Gasteiger partial charge in [-0.1, -0.05) is 23.7 Å². The molecule has 130 valence electrons. The molecule has 0 bridgehead atoms. The number of allylic oxidation sites excluding steroid dienone is 1. The zero-order chi connectivity index (χ0) is 18.1. The largest absolute Gasteiger partial charge is 0.466 e. The third-order valence-corrected chi connectivity index (χ3v) is 3.76. The van der Waals surface area contributed by atoms with E-state index in [1.54, 1.807) is 18.2 Å². The van der Waals surface area contributed by atoms with Crippen LogP contribution in [0.15, 0.2) is 35.5 Å². The molecule has 1 heterocycles. The molecule has 5 nitrogen and oxygen atoms in total. The maximum absolute atomic E-state index is 12.7. The topological polar surface area (TPSA) is 58.6 Å². The Morgan fingerprint density at radius 2 is 2.08 bits per heavy atom. The Bertz CT molecular complexity index is 703. The standard InChI is InChI=1S/C15H14ClF3N2O3/c1-8-11(13(22)24-2)12(9-4-3-5-10(16)6-9)20-14(23)21(8)7-15(17,18)19/h3-6,12H,7H2,1-2H3,(H,20,23). The highest BCUT2D eigenvalue weighted by atomic mass is 35.5. The van der Waals surface area contributed by atoms with Gasteiger partial charge < -0.3 is 10.1 Å². The zero-order valence-corrected chi connectivity index (χ0v) is 13.5. The van der Waals surface area contributed by atoms with Crippen LogP contribution in [0.4, 0.5) is 18.0 Å². The summed E-state index contributed by atoms with van der Waals surface area (Å²) in [5, 5.41) is 2.76. The maximum Gasteiger partial charge on any atom is 0.406 e. The Balaban J connectivity index is 2.53. The van der Waals surface area contributed by atoms with Crippen molar-refractivity contribution in [1.29, 1.82) is 0 Å². The summed E-state index contributed by atoms with van der Waals surface area (Å²) >= 11 is 5.91. The minimum absolute atomic E-state index is 0.0800. The van der Waals surface area contributed by atoms with Crippen LogP contribution in [-0.4, -0.2) is 36.7 Å². The lowest BCUT2D eigenvalue weighted by atomic mass is 9.95. The molecule has 0 spiro atoms. The number of hydrogen-bond acceptors (Lipinski definition) is 3. The SMILES string of the molecule is COC(=O)C1=C(C)N(CC(F)(F)F)C(=O)NC1c1cccc(Cl)c1. The number of nitrogens with zero attached hydrogens (tertiary/aromatic N) is 1. The molecule has 1 aromatic carbocycles. The summed E-state index contributed by atoms with van der Waals surface area (Å²) < 4.78 is 42.7. The molecule has 1 aromatic rings. The highest BCUT2D eigenvalue weighted by molar-refractivity contribution is 6.30. The van der Waals surface area contributed by atoms with E-state index in [1.807, 2.05) is 0 Å². The fourth-order valence-electron chi connectivity index (χ4n) is 2.46. The van der Waals surface area contributed by atoms with Crippen molar-refractivity contribution in [3.05, 3.63) is 46.1 Å². The van der Waals surface area contributed by atoms with Crippen LogP contribution >= 0.6 is 11.6 Å². The molecule has 1 unspecified atom stereocenters. The van der Waals surface area contributed by atoms with Gasteiger partial charge in [-0.2, -0.15) is 13.2 Å². The first-order chi connectivity index (χ1) is 11.1. The van der Waals surface area contributed by atoms with E-state index in [-0.39, 0.29) is 11.3 Å². The number of esters is 1. The van der Waals surface area contributed by atoms with Gasteiger partial charge >= 0.3 is 18.2 Å². The monoisotopic (exact) mass is 362 g/mol. The average molecular weight is 363 g/mol. The molecule has 1 N–H and O–H groups in total. The highest BCUT2D eigenvalue weighted by Gasteiger charge is 2.41. The van der Waals surface area contributed by atoms with E-state index in [9.17, 15) is 22.8 Å². The summed E-state index contributed by atoms with van der Waals surface area (Å²) in [5.41, 5.74) is 0.263. The van der Waals surface area contributed by atoms with Crippen LogP contribution in [0.5, 0.6) is 0 Å². The molecular formula is C15H14ClF3N2O3. The number of carbonyl (C=O) groups excluding carboxylic acids is 2. The third-order valence-electron chi connectivity index (χ3n) is 3.52. The van der Waals surface area contributed by atoms with Gasteiger partial charge in [0.1, 0.15) is 6.54 Å². The van der Waals surface area contributed by atoms with E-state index in [1.165, 1.54) is 13.0 Å². The number of alkyl halides is 3. The number of nitrogens with one attached hydrogen (secondary N) is 1. The van der Waals surface area contributed by atoms with Crippen LogP contribution < -0.4 is 5.32 Å². The number of benzene rings is 1. The Morgan fingerprint density at radius 3 is 2.62 bits per heavy atom. The van der Waals surface area contributed by atoms with E-state index in [2.05, 4.69) is 10.1 Å². The van der Waals surface area contributed by atoms with Gasteiger partial charge in [-0.3, -0.25) is 4.90 Å². The molecule has 9 heteroatoms. The van der Waals surface area contributed by atoms with Crippen LogP contribution in [0, 0.1) is 0 Å². The quantitative estimate of drug-likeness (QED) is 0.838. The summed E-state index contributed by atoms with van der Waals surface area (Å²) in [4.78, 5) is 24.7. The van der Waals surface area contributed by atoms with Gasteiger partial charge in [0.2, 0.25) is 0 Å². The lowest BCUT2D eigenvalue weighted by Gasteiger charge is -2.35. The molecule has 0 fully saturated rings. The second-order valence-corrected chi connectivity index (χ2v) is 5.57. The molecule has 2 rings (SSSR count). The van der Waals surface area contributed by atoms with Gasteiger partial charge in [0.15, 0.2) is 0 Å². The van der Waals surface area contributed by atoms with Crippen molar-refractivity contribution in [3.8, 4) is 0 Å². The third kappa shape index (κ3) is 3.81. The first-order valence-electron chi connectivity index (χ1n) is 6.83.